The average molecular weight is 51.7 g/mol. The van der Waals surface area contributed by atoms with Gasteiger partial charge in [0.2, 0.25) is 0 Å². The Bertz CT molecular complexity index is 27.0. The summed E-state index contributed by atoms with van der Waals surface area (Å²) in [5.41, 5.74) is 0. The van der Waals surface area contributed by atoms with Gasteiger partial charge < -0.3 is 0 Å². The molecule has 0 fully saturated rings. The Morgan fingerprint density at radius 2 is 1.50 bits per heavy atom. The largest absolute Gasteiger partial charge is 0.152 e. The zero-order valence-corrected chi connectivity index (χ0v) is 3.21. The predicted octanol–water partition coefficient (Wildman–Crippen LogP) is -1.28. The van der Waals surface area contributed by atoms with Gasteiger partial charge in [-0.15, -0.1) is 6.58 Å². The number of hydrogen-bond acceptors (Lipinski definition) is 0. The topological polar surface area (TPSA) is 0 Å². The molecule has 0 spiro atoms. The molecule has 0 rings (SSSR count). The highest BCUT2D eigenvalue weighted by Gasteiger charge is 1.55. The van der Waals surface area contributed by atoms with Crippen LogP contribution in [0.15, 0.2) is 12.0 Å². The van der Waals surface area contributed by atoms with Crippen LogP contribution < -0.4 is 0 Å². The van der Waals surface area contributed by atoms with Crippen molar-refractivity contribution in [3.63, 3.8) is 0 Å². The highest BCUT2D eigenvalue weighted by molar-refractivity contribution is 6.47. The number of rotatable bonds is 0. The van der Waals surface area contributed by atoms with Crippen molar-refractivity contribution >= 4 is 15.7 Å². The molecule has 0 aromatic heterocycles. The van der Waals surface area contributed by atoms with E-state index in [0.29, 0.717) is 0 Å². The molecular weight excluding hydrogens is 45.6 g/mol. The summed E-state index contributed by atoms with van der Waals surface area (Å²) in [7, 11) is 3.94. The van der Waals surface area contributed by atoms with E-state index < -0.39 is 0 Å². The van der Waals surface area contributed by atoms with E-state index in [4.69, 9.17) is 0 Å². The van der Waals surface area contributed by atoms with Gasteiger partial charge in [-0.2, -0.15) is 5.37 Å². The van der Waals surface area contributed by atoms with Crippen LogP contribution >= 0.6 is 0 Å². The normalized spacial score (nSPS) is 6.00. The molecular formula is C2H6B2. The Balaban J connectivity index is 2.80. The molecule has 0 nitrogen and oxygen atoms in total. The van der Waals surface area contributed by atoms with E-state index in [2.05, 4.69) is 6.58 Å². The maximum atomic E-state index is 3.56. The molecule has 4 heavy (non-hydrogen) atoms. The van der Waals surface area contributed by atoms with Crippen LogP contribution in [0.4, 0.5) is 0 Å². The monoisotopic (exact) mass is 52.1 g/mol. The van der Waals surface area contributed by atoms with Crippen LogP contribution in [0.1, 0.15) is 0 Å². The van der Waals surface area contributed by atoms with Crippen LogP contribution in [0.5, 0.6) is 0 Å². The van der Waals surface area contributed by atoms with Crippen LogP contribution in [0, 0.1) is 0 Å². The number of hydrogen-bond donors (Lipinski definition) is 0. The first-order valence-corrected chi connectivity index (χ1v) is 1.35. The second-order valence-corrected chi connectivity index (χ2v) is 1.21. The fraction of sp³-hybridized carbons (Fsp3) is 0. The summed E-state index contributed by atoms with van der Waals surface area (Å²) < 4.78 is 0. The molecule has 0 unspecified atom stereocenters. The minimum absolute atomic E-state index is 1.17. The Labute approximate surface area is 28.7 Å². The van der Waals surface area contributed by atoms with Crippen molar-refractivity contribution in [1.29, 1.82) is 0 Å². The van der Waals surface area contributed by atoms with E-state index in [-0.39, 0.29) is 0 Å². The first-order chi connectivity index (χ1) is 1.73. The molecule has 0 atom stereocenters. The second-order valence-electron chi connectivity index (χ2n) is 1.21. The Morgan fingerprint density at radius 1 is 1.50 bits per heavy atom. The SMILES string of the molecule is BC(B)=C. The molecule has 20 valence electrons. The smallest absolute Gasteiger partial charge is 0.120 e. The van der Waals surface area contributed by atoms with Crippen LogP contribution in [-0.2, 0) is 0 Å². The zero-order chi connectivity index (χ0) is 3.58. The van der Waals surface area contributed by atoms with Crippen molar-refractivity contribution in [2.75, 3.05) is 0 Å². The molecule has 2 heteroatoms. The van der Waals surface area contributed by atoms with E-state index in [0.717, 1.165) is 0 Å². The standard InChI is InChI=1S/C2H6B2/c1-2(3)4/h1,3-4H2. The third-order valence-electron chi connectivity index (χ3n) is 0. The van der Waals surface area contributed by atoms with Gasteiger partial charge in [-0.05, 0) is 0 Å². The van der Waals surface area contributed by atoms with Crippen molar-refractivity contribution in [3.05, 3.63) is 12.0 Å². The second kappa shape index (κ2) is 1.22. The molecule has 0 aliphatic rings. The van der Waals surface area contributed by atoms with Gasteiger partial charge in [-0.3, -0.25) is 0 Å². The van der Waals surface area contributed by atoms with Crippen molar-refractivity contribution in [3.8, 4) is 0 Å². The minimum atomic E-state index is 1.17. The summed E-state index contributed by atoms with van der Waals surface area (Å²) in [6.45, 7) is 3.56. The summed E-state index contributed by atoms with van der Waals surface area (Å²) in [5, 5.41) is 1.17. The summed E-state index contributed by atoms with van der Waals surface area (Å²) in [6.07, 6.45) is 0. The van der Waals surface area contributed by atoms with E-state index in [1.165, 1.54) is 5.37 Å². The van der Waals surface area contributed by atoms with E-state index in [9.17, 15) is 0 Å². The fourth-order valence-electron chi connectivity index (χ4n) is 0. The minimum Gasteiger partial charge on any atom is -0.152 e. The molecule has 0 saturated heterocycles. The lowest BCUT2D eigenvalue weighted by Gasteiger charge is -1.63. The van der Waals surface area contributed by atoms with Crippen molar-refractivity contribution < 1.29 is 0 Å². The Hall–Kier alpha value is -0.130. The lowest BCUT2D eigenvalue weighted by Crippen LogP contribution is -1.67. The first kappa shape index (κ1) is 3.87. The van der Waals surface area contributed by atoms with Gasteiger partial charge in [0, 0.05) is 0 Å². The van der Waals surface area contributed by atoms with Gasteiger partial charge in [0.15, 0.2) is 0 Å². The van der Waals surface area contributed by atoms with Crippen LogP contribution in [0.25, 0.3) is 0 Å². The lowest BCUT2D eigenvalue weighted by molar-refractivity contribution is 2.44. The average Bonchev–Trinajstić information content (AvgIpc) is 0.811. The molecule has 0 aliphatic carbocycles. The van der Waals surface area contributed by atoms with Gasteiger partial charge in [0.25, 0.3) is 0 Å². The molecule has 0 N–H and O–H groups in total. The highest BCUT2D eigenvalue weighted by Crippen LogP contribution is 1.55. The van der Waals surface area contributed by atoms with Gasteiger partial charge in [-0.25, -0.2) is 0 Å². The van der Waals surface area contributed by atoms with Crippen molar-refractivity contribution in [2.24, 2.45) is 0 Å². The van der Waals surface area contributed by atoms with Gasteiger partial charge in [-0.1, -0.05) is 0 Å². The third kappa shape index (κ3) is 83.6. The van der Waals surface area contributed by atoms with Crippen LogP contribution in [0.2, 0.25) is 0 Å². The van der Waals surface area contributed by atoms with Crippen LogP contribution in [-0.4, -0.2) is 15.7 Å². The Morgan fingerprint density at radius 3 is 1.50 bits per heavy atom. The molecule has 0 radical (unpaired) electrons. The highest BCUT2D eigenvalue weighted by atomic mass is 13.2. The molecule has 0 aliphatic heterocycles. The molecule has 0 saturated carbocycles. The molecule has 0 aromatic rings. The van der Waals surface area contributed by atoms with E-state index in [1.807, 2.05) is 15.7 Å². The summed E-state index contributed by atoms with van der Waals surface area (Å²) in [6, 6.07) is 0. The van der Waals surface area contributed by atoms with Crippen LogP contribution in [0.3, 0.4) is 0 Å². The van der Waals surface area contributed by atoms with Gasteiger partial charge in [0.05, 0.1) is 0 Å². The quantitative estimate of drug-likeness (QED) is 0.301. The molecule has 0 amide bonds. The third-order valence-corrected chi connectivity index (χ3v) is 0. The van der Waals surface area contributed by atoms with Gasteiger partial charge >= 0.3 is 0 Å². The van der Waals surface area contributed by atoms with Crippen molar-refractivity contribution in [1.82, 2.24) is 0 Å². The predicted molar refractivity (Wildman–Crippen MR) is 26.2 cm³/mol. The molecule has 0 bridgehead atoms. The van der Waals surface area contributed by atoms with E-state index in [1.54, 1.807) is 0 Å². The maximum absolute atomic E-state index is 3.56. The molecule has 0 heterocycles. The Kier molecular flexibility index (Phi) is 1.18. The maximum Gasteiger partial charge on any atom is 0.120 e. The summed E-state index contributed by atoms with van der Waals surface area (Å²) >= 11 is 0. The molecule has 0 aromatic carbocycles. The summed E-state index contributed by atoms with van der Waals surface area (Å²) in [5.74, 6) is 0. The lowest BCUT2D eigenvalue weighted by atomic mass is 9.80. The van der Waals surface area contributed by atoms with Crippen molar-refractivity contribution in [2.45, 2.75) is 0 Å². The van der Waals surface area contributed by atoms with Gasteiger partial charge in [0.1, 0.15) is 15.7 Å². The fourth-order valence-corrected chi connectivity index (χ4v) is 0. The first-order valence-electron chi connectivity index (χ1n) is 1.35. The zero-order valence-electron chi connectivity index (χ0n) is 3.21. The van der Waals surface area contributed by atoms with E-state index >= 15 is 0 Å². The summed E-state index contributed by atoms with van der Waals surface area (Å²) in [4.78, 5) is 0.